The van der Waals surface area contributed by atoms with Gasteiger partial charge in [-0.05, 0) is 96.8 Å². The van der Waals surface area contributed by atoms with E-state index in [1.54, 1.807) is 39.2 Å². The zero-order valence-electron chi connectivity index (χ0n) is 33.2. The van der Waals surface area contributed by atoms with Crippen molar-refractivity contribution in [2.75, 3.05) is 57.3 Å². The fourth-order valence-corrected chi connectivity index (χ4v) is 5.31. The summed E-state index contributed by atoms with van der Waals surface area (Å²) in [4.78, 5) is 53.4. The topological polar surface area (TPSA) is 135 Å². The molecule has 2 heterocycles. The molecule has 2 aromatic carbocycles. The lowest BCUT2D eigenvalue weighted by molar-refractivity contribution is -0.929. The van der Waals surface area contributed by atoms with Gasteiger partial charge in [0, 0.05) is 54.6 Å². The zero-order chi connectivity index (χ0) is 39.5. The SMILES string of the molecule is C/C=C\C=C(/C=NCOC(=O)C(C)(C)C)c1ccnc(Nc2cc(NC(=O)c3ccc(CN4CC[N+](C)(COC(=O)C(C)(C)C)CC4)cc3)ccc2C)n1. The van der Waals surface area contributed by atoms with E-state index in [1.807, 2.05) is 95.3 Å². The monoisotopic (exact) mass is 738 g/mol. The largest absolute Gasteiger partial charge is 0.442 e. The molecule has 0 spiro atoms. The minimum Gasteiger partial charge on any atom is -0.442 e. The Morgan fingerprint density at radius 2 is 1.61 bits per heavy atom. The van der Waals surface area contributed by atoms with Crippen LogP contribution in [0.15, 0.2) is 77.9 Å². The molecule has 1 fully saturated rings. The lowest BCUT2D eigenvalue weighted by atomic mass is 9.97. The molecule has 3 aromatic rings. The summed E-state index contributed by atoms with van der Waals surface area (Å²) in [6, 6.07) is 15.1. The Kier molecular flexibility index (Phi) is 14.0. The van der Waals surface area contributed by atoms with Crippen LogP contribution >= 0.6 is 0 Å². The predicted molar refractivity (Wildman–Crippen MR) is 214 cm³/mol. The highest BCUT2D eigenvalue weighted by Crippen LogP contribution is 2.25. The van der Waals surface area contributed by atoms with Gasteiger partial charge in [0.05, 0.1) is 36.7 Å². The summed E-state index contributed by atoms with van der Waals surface area (Å²) in [5.74, 6) is -0.341. The number of rotatable bonds is 13. The first-order chi connectivity index (χ1) is 25.5. The number of quaternary nitrogens is 1. The average molecular weight is 739 g/mol. The van der Waals surface area contributed by atoms with Gasteiger partial charge < -0.3 is 20.1 Å². The van der Waals surface area contributed by atoms with Crippen molar-refractivity contribution in [2.45, 2.75) is 61.9 Å². The van der Waals surface area contributed by atoms with Crippen molar-refractivity contribution in [3.63, 3.8) is 0 Å². The lowest BCUT2D eigenvalue weighted by Crippen LogP contribution is -2.58. The van der Waals surface area contributed by atoms with Crippen LogP contribution in [0.4, 0.5) is 17.3 Å². The van der Waals surface area contributed by atoms with E-state index in [0.717, 1.165) is 49.5 Å². The molecule has 0 bridgehead atoms. The van der Waals surface area contributed by atoms with Crippen LogP contribution < -0.4 is 10.6 Å². The van der Waals surface area contributed by atoms with Crippen LogP contribution in [0.2, 0.25) is 0 Å². The van der Waals surface area contributed by atoms with Crippen molar-refractivity contribution in [3.05, 3.63) is 95.3 Å². The number of aliphatic imine (C=N–C) groups is 1. The minimum absolute atomic E-state index is 0.0979. The number of carbonyl (C=O) groups excluding carboxylic acids is 3. The molecule has 0 atom stereocenters. The predicted octanol–water partition coefficient (Wildman–Crippen LogP) is 7.17. The molecule has 0 aliphatic carbocycles. The van der Waals surface area contributed by atoms with E-state index >= 15 is 0 Å². The molecule has 1 aromatic heterocycles. The molecule has 1 amide bonds. The number of ether oxygens (including phenoxy) is 2. The quantitative estimate of drug-likeness (QED) is 0.0810. The second-order valence-corrected chi connectivity index (χ2v) is 16.0. The number of hydrogen-bond donors (Lipinski definition) is 2. The Hall–Kier alpha value is -5.20. The van der Waals surface area contributed by atoms with Crippen molar-refractivity contribution >= 4 is 47.0 Å². The van der Waals surface area contributed by atoms with E-state index in [4.69, 9.17) is 14.5 Å². The van der Waals surface area contributed by atoms with Crippen molar-refractivity contribution in [2.24, 2.45) is 15.8 Å². The summed E-state index contributed by atoms with van der Waals surface area (Å²) in [7, 11) is 2.13. The number of aromatic nitrogens is 2. The second-order valence-electron chi connectivity index (χ2n) is 16.0. The average Bonchev–Trinajstić information content (AvgIpc) is 3.12. The Bertz CT molecular complexity index is 1860. The third-order valence-corrected chi connectivity index (χ3v) is 8.93. The molecular weight excluding hydrogens is 683 g/mol. The number of carbonyl (C=O) groups is 3. The smallest absolute Gasteiger partial charge is 0.315 e. The number of benzene rings is 2. The number of aryl methyl sites for hydroxylation is 1. The van der Waals surface area contributed by atoms with Gasteiger partial charge in [-0.2, -0.15) is 0 Å². The first-order valence-electron chi connectivity index (χ1n) is 18.3. The fourth-order valence-electron chi connectivity index (χ4n) is 5.31. The highest BCUT2D eigenvalue weighted by atomic mass is 16.6. The van der Waals surface area contributed by atoms with Crippen molar-refractivity contribution in [1.29, 1.82) is 0 Å². The molecule has 12 nitrogen and oxygen atoms in total. The van der Waals surface area contributed by atoms with Gasteiger partial charge in [-0.1, -0.05) is 36.4 Å². The third kappa shape index (κ3) is 12.4. The van der Waals surface area contributed by atoms with Gasteiger partial charge in [-0.15, -0.1) is 0 Å². The second kappa shape index (κ2) is 18.2. The summed E-state index contributed by atoms with van der Waals surface area (Å²) in [6.45, 7) is 19.5. The van der Waals surface area contributed by atoms with Gasteiger partial charge in [0.25, 0.3) is 5.91 Å². The maximum Gasteiger partial charge on any atom is 0.315 e. The summed E-state index contributed by atoms with van der Waals surface area (Å²) >= 11 is 0. The number of esters is 2. The Balaban J connectivity index is 1.34. The van der Waals surface area contributed by atoms with Gasteiger partial charge in [0.2, 0.25) is 12.7 Å². The highest BCUT2D eigenvalue weighted by molar-refractivity contribution is 6.09. The molecule has 0 saturated carbocycles. The van der Waals surface area contributed by atoms with Crippen LogP contribution in [0.3, 0.4) is 0 Å². The number of allylic oxidation sites excluding steroid dienone is 4. The number of likely N-dealkylation sites (N-methyl/N-ethyl adjacent to an activating group) is 1. The van der Waals surface area contributed by atoms with Gasteiger partial charge in [0.1, 0.15) is 0 Å². The van der Waals surface area contributed by atoms with E-state index in [2.05, 4.69) is 32.6 Å². The summed E-state index contributed by atoms with van der Waals surface area (Å²) in [6.07, 6.45) is 8.92. The first-order valence-corrected chi connectivity index (χ1v) is 18.3. The minimum atomic E-state index is -0.609. The van der Waals surface area contributed by atoms with Crippen molar-refractivity contribution in [1.82, 2.24) is 14.9 Å². The number of nitrogens with zero attached hydrogens (tertiary/aromatic N) is 5. The summed E-state index contributed by atoms with van der Waals surface area (Å²) in [5, 5.41) is 6.30. The molecule has 2 N–H and O–H groups in total. The van der Waals surface area contributed by atoms with Gasteiger partial charge >= 0.3 is 11.9 Å². The zero-order valence-corrected chi connectivity index (χ0v) is 33.2. The summed E-state index contributed by atoms with van der Waals surface area (Å²) < 4.78 is 11.6. The van der Waals surface area contributed by atoms with E-state index < -0.39 is 10.8 Å². The van der Waals surface area contributed by atoms with Gasteiger partial charge in [-0.25, -0.2) is 9.97 Å². The number of hydrogen-bond acceptors (Lipinski definition) is 10. The van der Waals surface area contributed by atoms with Crippen molar-refractivity contribution in [3.8, 4) is 0 Å². The van der Waals surface area contributed by atoms with Gasteiger partial charge in [-0.3, -0.25) is 28.8 Å². The molecule has 0 unspecified atom stereocenters. The molecular formula is C42H56N7O5+. The van der Waals surface area contributed by atoms with Crippen molar-refractivity contribution < 1.29 is 28.3 Å². The molecule has 12 heteroatoms. The van der Waals surface area contributed by atoms with Crippen LogP contribution in [-0.2, 0) is 25.6 Å². The van der Waals surface area contributed by atoms with Gasteiger partial charge in [0.15, 0.2) is 6.73 Å². The van der Waals surface area contributed by atoms with Crippen LogP contribution in [0.5, 0.6) is 0 Å². The van der Waals surface area contributed by atoms with Crippen LogP contribution in [-0.4, -0.2) is 90.1 Å². The van der Waals surface area contributed by atoms with Crippen LogP contribution in [0, 0.1) is 17.8 Å². The molecule has 4 rings (SSSR count). The Morgan fingerprint density at radius 3 is 2.26 bits per heavy atom. The fraction of sp³-hybridized carbons (Fsp3) is 0.429. The first kappa shape index (κ1) is 41.6. The standard InChI is InChI=1S/C42H55N7O5/c1-10-11-12-33(26-43-28-53-38(51)41(3,4)5)35-19-20-44-40(46-35)47-36-25-34(18-13-30(36)2)45-37(50)32-16-14-31(15-17-32)27-48-21-23-49(9,24-22-48)29-54-39(52)42(6,7)8/h10-20,25-26H,21-24,27-29H2,1-9H3,(H-,44,45,46,47,50)/p+1/b11-10-,33-12+,43-26?. The Morgan fingerprint density at radius 1 is 0.944 bits per heavy atom. The molecule has 0 radical (unpaired) electrons. The number of piperazine rings is 1. The van der Waals surface area contributed by atoms with E-state index in [1.165, 1.54) is 0 Å². The maximum atomic E-state index is 13.3. The Labute approximate surface area is 320 Å². The van der Waals surface area contributed by atoms with E-state index in [-0.39, 0.29) is 24.6 Å². The molecule has 288 valence electrons. The normalized spacial score (nSPS) is 15.3. The molecule has 1 saturated heterocycles. The van der Waals surface area contributed by atoms with Crippen LogP contribution in [0.1, 0.15) is 75.6 Å². The lowest BCUT2D eigenvalue weighted by Gasteiger charge is -2.41. The summed E-state index contributed by atoms with van der Waals surface area (Å²) in [5.41, 5.74) is 4.22. The van der Waals surface area contributed by atoms with E-state index in [0.29, 0.717) is 39.7 Å². The number of anilines is 3. The van der Waals surface area contributed by atoms with E-state index in [9.17, 15) is 14.4 Å². The molecule has 1 aliphatic rings. The number of amides is 1. The van der Waals surface area contributed by atoms with Crippen LogP contribution in [0.25, 0.3) is 5.57 Å². The highest BCUT2D eigenvalue weighted by Gasteiger charge is 2.32. The molecule has 54 heavy (non-hydrogen) atoms. The number of nitrogens with one attached hydrogen (secondary N) is 2. The molecule has 1 aliphatic heterocycles. The maximum absolute atomic E-state index is 13.3. The third-order valence-electron chi connectivity index (χ3n) is 8.93.